The number of hydrogen-bond acceptors (Lipinski definition) is 5. The van der Waals surface area contributed by atoms with Crippen LogP contribution in [0.3, 0.4) is 0 Å². The van der Waals surface area contributed by atoms with E-state index in [1.54, 1.807) is 13.2 Å². The number of hydrogen-bond donors (Lipinski definition) is 2. The van der Waals surface area contributed by atoms with Gasteiger partial charge < -0.3 is 15.8 Å². The van der Waals surface area contributed by atoms with Gasteiger partial charge in [-0.3, -0.25) is 0 Å². The van der Waals surface area contributed by atoms with E-state index in [2.05, 4.69) is 15.3 Å². The Kier molecular flexibility index (Phi) is 3.56. The summed E-state index contributed by atoms with van der Waals surface area (Å²) in [6, 6.07) is 1.78. The molecule has 1 aliphatic carbocycles. The molecule has 1 heterocycles. The number of nitrogens with two attached hydrogens (primary N) is 1. The Morgan fingerprint density at radius 3 is 3.00 bits per heavy atom. The van der Waals surface area contributed by atoms with Crippen LogP contribution in [0.1, 0.15) is 31.0 Å². The lowest BCUT2D eigenvalue weighted by Gasteiger charge is -2.07. The summed E-state index contributed by atoms with van der Waals surface area (Å²) in [7, 11) is 1.70. The molecule has 0 aliphatic heterocycles. The molecule has 1 saturated carbocycles. The van der Waals surface area contributed by atoms with Gasteiger partial charge in [-0.2, -0.15) is 0 Å². The van der Waals surface area contributed by atoms with E-state index in [-0.39, 0.29) is 0 Å². The van der Waals surface area contributed by atoms with Gasteiger partial charge in [0, 0.05) is 32.2 Å². The van der Waals surface area contributed by atoms with Crippen LogP contribution in [0, 0.1) is 0 Å². The lowest BCUT2D eigenvalue weighted by molar-refractivity contribution is 0.198. The molecule has 1 aromatic rings. The summed E-state index contributed by atoms with van der Waals surface area (Å²) in [4.78, 5) is 8.69. The molecule has 2 rings (SSSR count). The maximum Gasteiger partial charge on any atom is 0.136 e. The number of methoxy groups -OCH3 is 1. The largest absolute Gasteiger partial charge is 0.385 e. The van der Waals surface area contributed by atoms with Crippen molar-refractivity contribution in [1.82, 2.24) is 9.97 Å². The van der Waals surface area contributed by atoms with Crippen LogP contribution < -0.4 is 11.1 Å². The first kappa shape index (κ1) is 11.1. The molecule has 1 aromatic heterocycles. The average molecular weight is 222 g/mol. The van der Waals surface area contributed by atoms with Crippen molar-refractivity contribution in [3.63, 3.8) is 0 Å². The van der Waals surface area contributed by atoms with Gasteiger partial charge in [-0.15, -0.1) is 0 Å². The Balaban J connectivity index is 1.92. The highest BCUT2D eigenvalue weighted by molar-refractivity contribution is 5.45. The first-order valence-electron chi connectivity index (χ1n) is 5.67. The Hall–Kier alpha value is -1.36. The number of aromatic nitrogens is 2. The summed E-state index contributed by atoms with van der Waals surface area (Å²) in [6.45, 7) is 1.59. The van der Waals surface area contributed by atoms with Crippen molar-refractivity contribution in [2.24, 2.45) is 0 Å². The topological polar surface area (TPSA) is 73.1 Å². The smallest absolute Gasteiger partial charge is 0.136 e. The number of nitrogens with one attached hydrogen (secondary N) is 1. The standard InChI is InChI=1S/C11H18N4O/c1-16-6-2-5-13-10-7-9(12)14-11(15-10)8-3-4-8/h7-8H,2-6H2,1H3,(H3,12,13,14,15). The predicted molar refractivity (Wildman–Crippen MR) is 63.4 cm³/mol. The van der Waals surface area contributed by atoms with Crippen molar-refractivity contribution in [2.45, 2.75) is 25.2 Å². The normalized spacial score (nSPS) is 15.1. The van der Waals surface area contributed by atoms with Crippen molar-refractivity contribution in [3.05, 3.63) is 11.9 Å². The molecule has 0 unspecified atom stereocenters. The Morgan fingerprint density at radius 2 is 2.31 bits per heavy atom. The van der Waals surface area contributed by atoms with E-state index >= 15 is 0 Å². The van der Waals surface area contributed by atoms with Crippen LogP contribution in [0.25, 0.3) is 0 Å². The predicted octanol–water partition coefficient (Wildman–Crippen LogP) is 1.38. The van der Waals surface area contributed by atoms with Gasteiger partial charge in [-0.25, -0.2) is 9.97 Å². The van der Waals surface area contributed by atoms with Gasteiger partial charge in [-0.1, -0.05) is 0 Å². The maximum atomic E-state index is 5.74. The third-order valence-corrected chi connectivity index (χ3v) is 2.54. The highest BCUT2D eigenvalue weighted by Crippen LogP contribution is 2.38. The Bertz CT molecular complexity index is 352. The quantitative estimate of drug-likeness (QED) is 0.711. The van der Waals surface area contributed by atoms with Crippen molar-refractivity contribution in [3.8, 4) is 0 Å². The van der Waals surface area contributed by atoms with Crippen LogP contribution in [0.4, 0.5) is 11.6 Å². The number of rotatable bonds is 6. The fourth-order valence-electron chi connectivity index (χ4n) is 1.53. The molecule has 0 radical (unpaired) electrons. The monoisotopic (exact) mass is 222 g/mol. The zero-order valence-electron chi connectivity index (χ0n) is 9.57. The van der Waals surface area contributed by atoms with Gasteiger partial charge in [0.1, 0.15) is 17.5 Å². The lowest BCUT2D eigenvalue weighted by Crippen LogP contribution is -2.08. The summed E-state index contributed by atoms with van der Waals surface area (Å²) in [5.41, 5.74) is 5.74. The van der Waals surface area contributed by atoms with Crippen molar-refractivity contribution in [2.75, 3.05) is 31.3 Å². The molecule has 0 saturated heterocycles. The van der Waals surface area contributed by atoms with Crippen LogP contribution in [0.2, 0.25) is 0 Å². The van der Waals surface area contributed by atoms with Crippen LogP contribution in [0.5, 0.6) is 0 Å². The zero-order valence-corrected chi connectivity index (χ0v) is 9.57. The number of nitrogen functional groups attached to an aromatic ring is 1. The molecule has 1 aliphatic rings. The van der Waals surface area contributed by atoms with E-state index in [0.717, 1.165) is 31.2 Å². The summed E-state index contributed by atoms with van der Waals surface area (Å²) in [5, 5.41) is 3.23. The molecule has 88 valence electrons. The molecular formula is C11H18N4O. The second-order valence-electron chi connectivity index (χ2n) is 4.08. The fourth-order valence-corrected chi connectivity index (χ4v) is 1.53. The molecule has 0 atom stereocenters. The summed E-state index contributed by atoms with van der Waals surface area (Å²) in [6.07, 6.45) is 3.33. The summed E-state index contributed by atoms with van der Waals surface area (Å²) < 4.78 is 4.98. The van der Waals surface area contributed by atoms with Gasteiger partial charge in [-0.05, 0) is 19.3 Å². The molecular weight excluding hydrogens is 204 g/mol. The summed E-state index contributed by atoms with van der Waals surface area (Å²) >= 11 is 0. The summed E-state index contributed by atoms with van der Waals surface area (Å²) in [5.74, 6) is 2.79. The lowest BCUT2D eigenvalue weighted by atomic mass is 10.3. The van der Waals surface area contributed by atoms with Gasteiger partial charge in [0.05, 0.1) is 0 Å². The van der Waals surface area contributed by atoms with Crippen LogP contribution in [-0.2, 0) is 4.74 Å². The fraction of sp³-hybridized carbons (Fsp3) is 0.636. The molecule has 1 fully saturated rings. The van der Waals surface area contributed by atoms with Gasteiger partial charge in [0.15, 0.2) is 0 Å². The van der Waals surface area contributed by atoms with E-state index < -0.39 is 0 Å². The molecule has 16 heavy (non-hydrogen) atoms. The third-order valence-electron chi connectivity index (χ3n) is 2.54. The highest BCUT2D eigenvalue weighted by atomic mass is 16.5. The Labute approximate surface area is 95.4 Å². The van der Waals surface area contributed by atoms with Crippen molar-refractivity contribution in [1.29, 1.82) is 0 Å². The first-order chi connectivity index (χ1) is 7.79. The van der Waals surface area contributed by atoms with Crippen LogP contribution in [0.15, 0.2) is 6.07 Å². The molecule has 0 bridgehead atoms. The van der Waals surface area contributed by atoms with E-state index in [0.29, 0.717) is 11.7 Å². The van der Waals surface area contributed by atoms with Crippen LogP contribution in [-0.4, -0.2) is 30.2 Å². The minimum absolute atomic E-state index is 0.531. The van der Waals surface area contributed by atoms with Crippen molar-refractivity contribution >= 4 is 11.6 Å². The van der Waals surface area contributed by atoms with Gasteiger partial charge >= 0.3 is 0 Å². The molecule has 5 heteroatoms. The highest BCUT2D eigenvalue weighted by Gasteiger charge is 2.27. The minimum atomic E-state index is 0.531. The van der Waals surface area contributed by atoms with Gasteiger partial charge in [0.25, 0.3) is 0 Å². The number of nitrogens with zero attached hydrogens (tertiary/aromatic N) is 2. The molecule has 0 aromatic carbocycles. The van der Waals surface area contributed by atoms with Crippen molar-refractivity contribution < 1.29 is 4.74 Å². The molecule has 3 N–H and O–H groups in total. The SMILES string of the molecule is COCCCNc1cc(N)nc(C2CC2)n1. The van der Waals surface area contributed by atoms with E-state index in [9.17, 15) is 0 Å². The van der Waals surface area contributed by atoms with E-state index in [4.69, 9.17) is 10.5 Å². The second-order valence-corrected chi connectivity index (χ2v) is 4.08. The zero-order chi connectivity index (χ0) is 11.4. The van der Waals surface area contributed by atoms with E-state index in [1.165, 1.54) is 12.8 Å². The maximum absolute atomic E-state index is 5.74. The van der Waals surface area contributed by atoms with Crippen LogP contribution >= 0.6 is 0 Å². The first-order valence-corrected chi connectivity index (χ1v) is 5.67. The molecule has 0 amide bonds. The molecule has 5 nitrogen and oxygen atoms in total. The van der Waals surface area contributed by atoms with Gasteiger partial charge in [0.2, 0.25) is 0 Å². The van der Waals surface area contributed by atoms with E-state index in [1.807, 2.05) is 0 Å². The minimum Gasteiger partial charge on any atom is -0.385 e. The third kappa shape index (κ3) is 3.06. The Morgan fingerprint density at radius 1 is 1.50 bits per heavy atom. The molecule has 0 spiro atoms. The number of anilines is 2. The second kappa shape index (κ2) is 5.12. The number of ether oxygens (including phenoxy) is 1. The average Bonchev–Trinajstić information content (AvgIpc) is 3.07.